The van der Waals surface area contributed by atoms with E-state index in [2.05, 4.69) is 0 Å². The first kappa shape index (κ1) is 18.2. The minimum Gasteiger partial charge on any atom is -0.325 e. The van der Waals surface area contributed by atoms with Gasteiger partial charge in [0.15, 0.2) is 0 Å². The van der Waals surface area contributed by atoms with Crippen molar-refractivity contribution in [3.63, 3.8) is 0 Å². The van der Waals surface area contributed by atoms with Crippen LogP contribution in [0.15, 0.2) is 23.1 Å². The van der Waals surface area contributed by atoms with Crippen molar-refractivity contribution in [1.82, 2.24) is 14.1 Å². The van der Waals surface area contributed by atoms with Crippen molar-refractivity contribution in [2.75, 3.05) is 32.7 Å². The summed E-state index contributed by atoms with van der Waals surface area (Å²) in [6.45, 7) is 7.68. The van der Waals surface area contributed by atoms with Gasteiger partial charge in [0.05, 0.1) is 4.90 Å². The highest BCUT2D eigenvalue weighted by molar-refractivity contribution is 7.89. The molecule has 2 heterocycles. The van der Waals surface area contributed by atoms with Crippen LogP contribution in [0.5, 0.6) is 0 Å². The number of sulfonamides is 1. The van der Waals surface area contributed by atoms with Gasteiger partial charge in [0.25, 0.3) is 0 Å². The zero-order valence-corrected chi connectivity index (χ0v) is 15.9. The monoisotopic (exact) mass is 365 g/mol. The number of hydrogen-bond donors (Lipinski definition) is 0. The molecule has 0 aliphatic carbocycles. The Morgan fingerprint density at radius 3 is 2.40 bits per heavy atom. The molecule has 1 saturated heterocycles. The van der Waals surface area contributed by atoms with E-state index in [0.29, 0.717) is 44.2 Å². The maximum atomic E-state index is 12.8. The summed E-state index contributed by atoms with van der Waals surface area (Å²) >= 11 is 0. The standard InChI is InChI=1S/C18H27N3O3S/c1-3-19(4-2)18(22)20-12-9-15-7-8-17(13-16(15)14-20)25(23,24)21-10-5-6-11-21/h7-8,13H,3-6,9-12,14H2,1-2H3. The van der Waals surface area contributed by atoms with Gasteiger partial charge in [0.2, 0.25) is 10.0 Å². The first-order chi connectivity index (χ1) is 12.0. The van der Waals surface area contributed by atoms with Crippen molar-refractivity contribution in [1.29, 1.82) is 0 Å². The molecule has 2 amide bonds. The lowest BCUT2D eigenvalue weighted by molar-refractivity contribution is 0.152. The summed E-state index contributed by atoms with van der Waals surface area (Å²) in [5, 5.41) is 0. The normalized spacial score (nSPS) is 18.2. The molecule has 0 atom stereocenters. The Hall–Kier alpha value is -1.60. The van der Waals surface area contributed by atoms with Gasteiger partial charge in [0, 0.05) is 39.3 Å². The molecule has 0 radical (unpaired) electrons. The maximum Gasteiger partial charge on any atom is 0.320 e. The predicted octanol–water partition coefficient (Wildman–Crippen LogP) is 2.29. The average molecular weight is 365 g/mol. The van der Waals surface area contributed by atoms with Gasteiger partial charge in [-0.2, -0.15) is 4.31 Å². The van der Waals surface area contributed by atoms with E-state index < -0.39 is 10.0 Å². The summed E-state index contributed by atoms with van der Waals surface area (Å²) in [6.07, 6.45) is 2.62. The van der Waals surface area contributed by atoms with E-state index in [1.165, 1.54) is 0 Å². The fraction of sp³-hybridized carbons (Fsp3) is 0.611. The number of carbonyl (C=O) groups excluding carboxylic acids is 1. The molecule has 1 aromatic rings. The van der Waals surface area contributed by atoms with Crippen molar-refractivity contribution in [2.24, 2.45) is 0 Å². The largest absolute Gasteiger partial charge is 0.325 e. The van der Waals surface area contributed by atoms with Gasteiger partial charge in [-0.15, -0.1) is 0 Å². The second-order valence-corrected chi connectivity index (χ2v) is 8.61. The minimum atomic E-state index is -3.42. The molecule has 2 aliphatic rings. The zero-order valence-electron chi connectivity index (χ0n) is 15.1. The number of amides is 2. The Kier molecular flexibility index (Phi) is 5.34. The number of hydrogen-bond acceptors (Lipinski definition) is 3. The average Bonchev–Trinajstić information content (AvgIpc) is 3.17. The van der Waals surface area contributed by atoms with Crippen molar-refractivity contribution in [2.45, 2.75) is 44.6 Å². The van der Waals surface area contributed by atoms with Gasteiger partial charge < -0.3 is 9.80 Å². The third kappa shape index (κ3) is 3.53. The zero-order chi connectivity index (χ0) is 18.0. The molecule has 0 saturated carbocycles. The molecule has 25 heavy (non-hydrogen) atoms. The summed E-state index contributed by atoms with van der Waals surface area (Å²) in [5.74, 6) is 0. The molecular weight excluding hydrogens is 338 g/mol. The smallest absolute Gasteiger partial charge is 0.320 e. The highest BCUT2D eigenvalue weighted by atomic mass is 32.2. The molecule has 3 rings (SSSR count). The highest BCUT2D eigenvalue weighted by Gasteiger charge is 2.29. The third-order valence-corrected chi connectivity index (χ3v) is 7.09. The van der Waals surface area contributed by atoms with Gasteiger partial charge in [-0.25, -0.2) is 13.2 Å². The van der Waals surface area contributed by atoms with E-state index in [-0.39, 0.29) is 6.03 Å². The molecule has 138 valence electrons. The van der Waals surface area contributed by atoms with Gasteiger partial charge in [-0.05, 0) is 56.4 Å². The number of urea groups is 1. The number of carbonyl (C=O) groups is 1. The molecule has 1 aromatic carbocycles. The maximum absolute atomic E-state index is 12.8. The van der Waals surface area contributed by atoms with E-state index in [9.17, 15) is 13.2 Å². The van der Waals surface area contributed by atoms with Crippen molar-refractivity contribution in [3.8, 4) is 0 Å². The summed E-state index contributed by atoms with van der Waals surface area (Å²) in [7, 11) is -3.42. The number of nitrogens with zero attached hydrogens (tertiary/aromatic N) is 3. The highest BCUT2D eigenvalue weighted by Crippen LogP contribution is 2.26. The van der Waals surface area contributed by atoms with Gasteiger partial charge >= 0.3 is 6.03 Å². The Bertz CT molecular complexity index is 738. The van der Waals surface area contributed by atoms with Crippen LogP contribution in [0, 0.1) is 0 Å². The summed E-state index contributed by atoms with van der Waals surface area (Å²) in [5.41, 5.74) is 2.09. The first-order valence-corrected chi connectivity index (χ1v) is 10.6. The van der Waals surface area contributed by atoms with E-state index in [0.717, 1.165) is 30.4 Å². The van der Waals surface area contributed by atoms with Crippen LogP contribution in [0.2, 0.25) is 0 Å². The van der Waals surface area contributed by atoms with Gasteiger partial charge in [-0.1, -0.05) is 6.07 Å². The molecule has 0 spiro atoms. The lowest BCUT2D eigenvalue weighted by atomic mass is 10.0. The Labute approximate surface area is 150 Å². The lowest BCUT2D eigenvalue weighted by Gasteiger charge is -2.33. The lowest BCUT2D eigenvalue weighted by Crippen LogP contribution is -2.45. The molecule has 0 N–H and O–H groups in total. The van der Waals surface area contributed by atoms with Crippen molar-refractivity contribution < 1.29 is 13.2 Å². The molecule has 7 heteroatoms. The second kappa shape index (κ2) is 7.33. The van der Waals surface area contributed by atoms with Crippen LogP contribution in [0.25, 0.3) is 0 Å². The fourth-order valence-electron chi connectivity index (χ4n) is 3.63. The Morgan fingerprint density at radius 2 is 1.76 bits per heavy atom. The summed E-state index contributed by atoms with van der Waals surface area (Å²) in [6, 6.07) is 5.43. The Balaban J connectivity index is 1.83. The molecule has 0 bridgehead atoms. The first-order valence-electron chi connectivity index (χ1n) is 9.13. The van der Waals surface area contributed by atoms with E-state index in [1.807, 2.05) is 24.8 Å². The number of benzene rings is 1. The molecular formula is C18H27N3O3S. The molecule has 6 nitrogen and oxygen atoms in total. The SMILES string of the molecule is CCN(CC)C(=O)N1CCc2ccc(S(=O)(=O)N3CCCC3)cc2C1. The van der Waals surface area contributed by atoms with Crippen LogP contribution in [0.3, 0.4) is 0 Å². The third-order valence-electron chi connectivity index (χ3n) is 5.20. The van der Waals surface area contributed by atoms with Crippen molar-refractivity contribution >= 4 is 16.1 Å². The number of fused-ring (bicyclic) bond motifs is 1. The molecule has 2 aliphatic heterocycles. The molecule has 1 fully saturated rings. The minimum absolute atomic E-state index is 0.0310. The van der Waals surface area contributed by atoms with Crippen LogP contribution in [-0.4, -0.2) is 61.3 Å². The molecule has 0 aromatic heterocycles. The number of rotatable bonds is 4. The van der Waals surface area contributed by atoms with E-state index in [4.69, 9.17) is 0 Å². The summed E-state index contributed by atoms with van der Waals surface area (Å²) < 4.78 is 27.1. The molecule has 0 unspecified atom stereocenters. The van der Waals surface area contributed by atoms with Crippen LogP contribution < -0.4 is 0 Å². The van der Waals surface area contributed by atoms with Gasteiger partial charge in [-0.3, -0.25) is 0 Å². The van der Waals surface area contributed by atoms with Gasteiger partial charge in [0.1, 0.15) is 0 Å². The van der Waals surface area contributed by atoms with E-state index in [1.54, 1.807) is 21.3 Å². The Morgan fingerprint density at radius 1 is 1.08 bits per heavy atom. The quantitative estimate of drug-likeness (QED) is 0.822. The van der Waals surface area contributed by atoms with Crippen LogP contribution in [0.4, 0.5) is 4.79 Å². The van der Waals surface area contributed by atoms with Crippen LogP contribution >= 0.6 is 0 Å². The fourth-order valence-corrected chi connectivity index (χ4v) is 5.20. The topological polar surface area (TPSA) is 60.9 Å². The van der Waals surface area contributed by atoms with Crippen LogP contribution in [0.1, 0.15) is 37.8 Å². The van der Waals surface area contributed by atoms with Crippen molar-refractivity contribution in [3.05, 3.63) is 29.3 Å². The summed E-state index contributed by atoms with van der Waals surface area (Å²) in [4.78, 5) is 16.6. The van der Waals surface area contributed by atoms with E-state index >= 15 is 0 Å². The predicted molar refractivity (Wildman–Crippen MR) is 96.9 cm³/mol. The van der Waals surface area contributed by atoms with Crippen LogP contribution in [-0.2, 0) is 23.0 Å². The second-order valence-electron chi connectivity index (χ2n) is 6.67.